The molecule has 0 bridgehead atoms. The topological polar surface area (TPSA) is 91.2 Å². The van der Waals surface area contributed by atoms with E-state index in [1.165, 1.54) is 0 Å². The second-order valence-electron chi connectivity index (χ2n) is 7.20. The lowest BCUT2D eigenvalue weighted by Crippen LogP contribution is -2.41. The largest absolute Gasteiger partial charge is 0.497 e. The van der Waals surface area contributed by atoms with E-state index < -0.39 is 17.2 Å². The summed E-state index contributed by atoms with van der Waals surface area (Å²) >= 11 is 0. The van der Waals surface area contributed by atoms with Crippen molar-refractivity contribution in [3.8, 4) is 11.8 Å². The average Bonchev–Trinajstić information content (AvgIpc) is 2.68. The number of hydrogen-bond acceptors (Lipinski definition) is 4. The van der Waals surface area contributed by atoms with Crippen LogP contribution in [0.25, 0.3) is 0 Å². The first-order valence-electron chi connectivity index (χ1n) is 9.01. The molecule has 0 aliphatic carbocycles. The summed E-state index contributed by atoms with van der Waals surface area (Å²) in [6, 6.07) is 16.5. The summed E-state index contributed by atoms with van der Waals surface area (Å²) in [5.41, 5.74) is 1.72. The molecule has 0 heterocycles. The van der Waals surface area contributed by atoms with E-state index in [4.69, 9.17) is 4.74 Å². The molecule has 6 heteroatoms. The summed E-state index contributed by atoms with van der Waals surface area (Å²) in [5.74, 6) is -0.682. The van der Waals surface area contributed by atoms with Crippen LogP contribution in [0.15, 0.2) is 48.5 Å². The number of ether oxygens (including phenoxy) is 1. The highest BCUT2D eigenvalue weighted by Crippen LogP contribution is 2.23. The van der Waals surface area contributed by atoms with Crippen LogP contribution in [0, 0.1) is 11.3 Å². The first-order chi connectivity index (χ1) is 13.2. The third-order valence-electron chi connectivity index (χ3n) is 4.40. The maximum atomic E-state index is 12.2. The van der Waals surface area contributed by atoms with Crippen molar-refractivity contribution in [2.75, 3.05) is 12.4 Å². The fraction of sp³-hybridized carbons (Fsp3) is 0.318. The van der Waals surface area contributed by atoms with E-state index in [0.29, 0.717) is 12.1 Å². The molecule has 0 aliphatic rings. The first-order valence-corrected chi connectivity index (χ1v) is 9.01. The molecular formula is C22H25N3O3. The quantitative estimate of drug-likeness (QED) is 0.754. The van der Waals surface area contributed by atoms with Crippen LogP contribution in [-0.4, -0.2) is 25.0 Å². The molecule has 1 atom stereocenters. The van der Waals surface area contributed by atoms with Gasteiger partial charge in [-0.2, -0.15) is 5.26 Å². The molecule has 0 aliphatic heterocycles. The van der Waals surface area contributed by atoms with Crippen molar-refractivity contribution in [1.29, 1.82) is 5.26 Å². The molecule has 1 unspecified atom stereocenters. The number of nitriles is 1. The number of carbonyl (C=O) groups excluding carboxylic acids is 2. The Balaban J connectivity index is 1.91. The van der Waals surface area contributed by atoms with Gasteiger partial charge in [-0.15, -0.1) is 0 Å². The molecule has 0 saturated heterocycles. The molecule has 0 fully saturated rings. The van der Waals surface area contributed by atoms with Crippen molar-refractivity contribution < 1.29 is 14.3 Å². The molecule has 6 nitrogen and oxygen atoms in total. The summed E-state index contributed by atoms with van der Waals surface area (Å²) < 4.78 is 5.19. The van der Waals surface area contributed by atoms with Crippen LogP contribution in [0.3, 0.4) is 0 Å². The van der Waals surface area contributed by atoms with E-state index >= 15 is 0 Å². The highest BCUT2D eigenvalue weighted by Gasteiger charge is 2.20. The molecule has 0 spiro atoms. The fourth-order valence-corrected chi connectivity index (χ4v) is 2.72. The molecule has 28 heavy (non-hydrogen) atoms. The molecule has 2 aromatic carbocycles. The van der Waals surface area contributed by atoms with Crippen molar-refractivity contribution in [1.82, 2.24) is 5.32 Å². The predicted molar refractivity (Wildman–Crippen MR) is 108 cm³/mol. The molecule has 2 amide bonds. The van der Waals surface area contributed by atoms with E-state index in [9.17, 15) is 14.9 Å². The molecule has 0 saturated carbocycles. The summed E-state index contributed by atoms with van der Waals surface area (Å²) in [6.07, 6.45) is 0.578. The normalized spacial score (nSPS) is 11.8. The van der Waals surface area contributed by atoms with Gasteiger partial charge < -0.3 is 15.4 Å². The monoisotopic (exact) mass is 379 g/mol. The Morgan fingerprint density at radius 3 is 2.43 bits per heavy atom. The van der Waals surface area contributed by atoms with Crippen molar-refractivity contribution in [3.63, 3.8) is 0 Å². The number of hydrogen-bond donors (Lipinski definition) is 2. The average molecular weight is 379 g/mol. The van der Waals surface area contributed by atoms with Gasteiger partial charge in [-0.1, -0.05) is 24.3 Å². The van der Waals surface area contributed by atoms with Gasteiger partial charge in [0.1, 0.15) is 5.75 Å². The minimum Gasteiger partial charge on any atom is -0.497 e. The van der Waals surface area contributed by atoms with Gasteiger partial charge in [-0.05, 0) is 62.6 Å². The summed E-state index contributed by atoms with van der Waals surface area (Å²) in [5, 5.41) is 14.4. The van der Waals surface area contributed by atoms with Crippen LogP contribution >= 0.6 is 0 Å². The van der Waals surface area contributed by atoms with Crippen LogP contribution in [0.1, 0.15) is 31.9 Å². The minimum atomic E-state index is -0.732. The van der Waals surface area contributed by atoms with Gasteiger partial charge in [0.05, 0.1) is 18.6 Å². The summed E-state index contributed by atoms with van der Waals surface area (Å²) in [7, 11) is 1.60. The number of carbonyl (C=O) groups is 2. The Bertz CT molecular complexity index is 883. The van der Waals surface area contributed by atoms with Crippen LogP contribution < -0.4 is 15.4 Å². The van der Waals surface area contributed by atoms with Crippen molar-refractivity contribution in [2.24, 2.45) is 0 Å². The Hall–Kier alpha value is -3.33. The zero-order valence-corrected chi connectivity index (χ0v) is 16.6. The van der Waals surface area contributed by atoms with Gasteiger partial charge >= 0.3 is 11.8 Å². The molecule has 0 aromatic heterocycles. The Morgan fingerprint density at radius 1 is 1.14 bits per heavy atom. The van der Waals surface area contributed by atoms with Gasteiger partial charge in [0, 0.05) is 11.7 Å². The molecule has 146 valence electrons. The van der Waals surface area contributed by atoms with Crippen LogP contribution in [0.4, 0.5) is 5.69 Å². The van der Waals surface area contributed by atoms with Gasteiger partial charge in [-0.3, -0.25) is 9.59 Å². The Labute approximate surface area is 165 Å². The zero-order valence-electron chi connectivity index (χ0n) is 16.6. The van der Waals surface area contributed by atoms with Gasteiger partial charge in [0.15, 0.2) is 0 Å². The second kappa shape index (κ2) is 9.05. The highest BCUT2D eigenvalue weighted by atomic mass is 16.5. The third-order valence-corrected chi connectivity index (χ3v) is 4.40. The molecular weight excluding hydrogens is 354 g/mol. The van der Waals surface area contributed by atoms with Gasteiger partial charge in [0.2, 0.25) is 0 Å². The highest BCUT2D eigenvalue weighted by molar-refractivity contribution is 6.39. The van der Waals surface area contributed by atoms with E-state index in [0.717, 1.165) is 16.9 Å². The van der Waals surface area contributed by atoms with E-state index in [1.807, 2.05) is 45.0 Å². The molecule has 0 radical (unpaired) electrons. The predicted octanol–water partition coefficient (Wildman–Crippen LogP) is 3.18. The lowest BCUT2D eigenvalue weighted by Gasteiger charge is -2.16. The minimum absolute atomic E-state index is 0.218. The lowest BCUT2D eigenvalue weighted by atomic mass is 9.86. The van der Waals surface area contributed by atoms with Crippen molar-refractivity contribution in [2.45, 2.75) is 38.6 Å². The van der Waals surface area contributed by atoms with Crippen LogP contribution in [0.2, 0.25) is 0 Å². The number of nitrogens with zero attached hydrogens (tertiary/aromatic N) is 1. The van der Waals surface area contributed by atoms with Gasteiger partial charge in [0.25, 0.3) is 0 Å². The first kappa shape index (κ1) is 21.0. The Kier molecular flexibility index (Phi) is 6.78. The fourth-order valence-electron chi connectivity index (χ4n) is 2.72. The smallest absolute Gasteiger partial charge is 0.313 e. The maximum Gasteiger partial charge on any atom is 0.313 e. The Morgan fingerprint density at radius 2 is 1.82 bits per heavy atom. The maximum absolute atomic E-state index is 12.2. The molecule has 2 aromatic rings. The SMILES string of the molecule is COc1cccc(CC(C)NC(=O)C(=O)Nc2ccc(C(C)(C)C#N)cc2)c1. The number of nitrogens with one attached hydrogen (secondary N) is 2. The number of methoxy groups -OCH3 is 1. The summed E-state index contributed by atoms with van der Waals surface area (Å²) in [6.45, 7) is 5.47. The van der Waals surface area contributed by atoms with Crippen molar-refractivity contribution >= 4 is 17.5 Å². The van der Waals surface area contributed by atoms with Crippen LogP contribution in [-0.2, 0) is 21.4 Å². The summed E-state index contributed by atoms with van der Waals surface area (Å²) in [4.78, 5) is 24.3. The number of anilines is 1. The molecule has 2 rings (SSSR count). The molecule has 2 N–H and O–H groups in total. The van der Waals surface area contributed by atoms with E-state index in [1.54, 1.807) is 31.4 Å². The zero-order chi connectivity index (χ0) is 20.7. The standard InChI is InChI=1S/C22H25N3O3/c1-15(12-16-6-5-7-19(13-16)28-4)24-20(26)21(27)25-18-10-8-17(9-11-18)22(2,3)14-23/h5-11,13,15H,12H2,1-4H3,(H,24,26)(H,25,27). The third kappa shape index (κ3) is 5.58. The number of rotatable bonds is 6. The number of amides is 2. The lowest BCUT2D eigenvalue weighted by molar-refractivity contribution is -0.136. The van der Waals surface area contributed by atoms with Gasteiger partial charge in [-0.25, -0.2) is 0 Å². The second-order valence-corrected chi connectivity index (χ2v) is 7.20. The van der Waals surface area contributed by atoms with Crippen molar-refractivity contribution in [3.05, 3.63) is 59.7 Å². The number of benzene rings is 2. The van der Waals surface area contributed by atoms with E-state index in [-0.39, 0.29) is 6.04 Å². The van der Waals surface area contributed by atoms with E-state index in [2.05, 4.69) is 16.7 Å². The van der Waals surface area contributed by atoms with Crippen LogP contribution in [0.5, 0.6) is 5.75 Å².